The summed E-state index contributed by atoms with van der Waals surface area (Å²) in [7, 11) is 0. The molecule has 0 saturated carbocycles. The molecule has 7 nitrogen and oxygen atoms in total. The number of rotatable bonds is 6. The minimum Gasteiger partial charge on any atom is -0.393 e. The highest BCUT2D eigenvalue weighted by atomic mass is 16.3. The van der Waals surface area contributed by atoms with E-state index in [4.69, 9.17) is 0 Å². The first-order chi connectivity index (χ1) is 10.9. The monoisotopic (exact) mass is 317 g/mol. The number of urea groups is 1. The van der Waals surface area contributed by atoms with Crippen LogP contribution in [0.25, 0.3) is 5.69 Å². The van der Waals surface area contributed by atoms with Gasteiger partial charge >= 0.3 is 6.03 Å². The molecule has 0 saturated heterocycles. The first kappa shape index (κ1) is 17.0. The molecule has 0 radical (unpaired) electrons. The number of amides is 2. The van der Waals surface area contributed by atoms with Crippen molar-refractivity contribution in [2.75, 3.05) is 11.9 Å². The molecule has 0 fully saturated rings. The quantitative estimate of drug-likeness (QED) is 0.761. The van der Waals surface area contributed by atoms with Crippen LogP contribution in [0.4, 0.5) is 10.5 Å². The topological polar surface area (TPSA) is 92.1 Å². The highest BCUT2D eigenvalue weighted by Crippen LogP contribution is 2.21. The molecule has 2 amide bonds. The molecule has 0 bridgehead atoms. The Morgan fingerprint density at radius 2 is 1.87 bits per heavy atom. The third-order valence-corrected chi connectivity index (χ3v) is 3.35. The summed E-state index contributed by atoms with van der Waals surface area (Å²) < 4.78 is 0. The van der Waals surface area contributed by atoms with Gasteiger partial charge in [-0.1, -0.05) is 13.8 Å². The molecule has 0 aliphatic heterocycles. The highest BCUT2D eigenvalue weighted by Gasteiger charge is 2.21. The van der Waals surface area contributed by atoms with Gasteiger partial charge in [0.2, 0.25) is 0 Å². The Balaban J connectivity index is 1.86. The molecule has 1 aromatic carbocycles. The lowest BCUT2D eigenvalue weighted by Crippen LogP contribution is -2.38. The summed E-state index contributed by atoms with van der Waals surface area (Å²) in [4.78, 5) is 13.4. The number of nitrogens with one attached hydrogen (secondary N) is 2. The first-order valence-corrected chi connectivity index (χ1v) is 7.55. The van der Waals surface area contributed by atoms with E-state index in [1.54, 1.807) is 31.5 Å². The van der Waals surface area contributed by atoms with Gasteiger partial charge < -0.3 is 15.7 Å². The van der Waals surface area contributed by atoms with Crippen LogP contribution in [0.15, 0.2) is 36.7 Å². The van der Waals surface area contributed by atoms with E-state index in [0.717, 1.165) is 5.69 Å². The van der Waals surface area contributed by atoms with Gasteiger partial charge in [0.25, 0.3) is 0 Å². The zero-order valence-corrected chi connectivity index (χ0v) is 13.7. The average molecular weight is 317 g/mol. The average Bonchev–Trinajstić information content (AvgIpc) is 2.99. The Labute approximate surface area is 135 Å². The Bertz CT molecular complexity index is 620. The summed E-state index contributed by atoms with van der Waals surface area (Å²) in [5.74, 6) is 0. The van der Waals surface area contributed by atoms with Crippen molar-refractivity contribution >= 4 is 11.7 Å². The van der Waals surface area contributed by atoms with E-state index in [9.17, 15) is 9.90 Å². The van der Waals surface area contributed by atoms with Crippen LogP contribution in [-0.2, 0) is 0 Å². The van der Waals surface area contributed by atoms with Crippen molar-refractivity contribution in [3.63, 3.8) is 0 Å². The molecule has 1 unspecified atom stereocenters. The van der Waals surface area contributed by atoms with Gasteiger partial charge in [0.1, 0.15) is 0 Å². The summed E-state index contributed by atoms with van der Waals surface area (Å²) in [5.41, 5.74) is 1.34. The summed E-state index contributed by atoms with van der Waals surface area (Å²) in [6.07, 6.45) is 3.44. The Kier molecular flexibility index (Phi) is 5.33. The number of hydrogen-bond donors (Lipinski definition) is 3. The Morgan fingerprint density at radius 3 is 2.43 bits per heavy atom. The van der Waals surface area contributed by atoms with Gasteiger partial charge in [0, 0.05) is 12.2 Å². The summed E-state index contributed by atoms with van der Waals surface area (Å²) in [5, 5.41) is 23.1. The fourth-order valence-corrected chi connectivity index (χ4v) is 2.39. The first-order valence-electron chi connectivity index (χ1n) is 7.55. The van der Waals surface area contributed by atoms with Crippen LogP contribution < -0.4 is 10.6 Å². The maximum atomic E-state index is 11.9. The van der Waals surface area contributed by atoms with E-state index < -0.39 is 6.10 Å². The second-order valence-electron chi connectivity index (χ2n) is 6.39. The lowest BCUT2D eigenvalue weighted by Gasteiger charge is -2.26. The van der Waals surface area contributed by atoms with Gasteiger partial charge in [-0.15, -0.1) is 0 Å². The molecule has 0 aliphatic carbocycles. The number of hydrogen-bond acceptors (Lipinski definition) is 4. The fraction of sp³-hybridized carbons (Fsp3) is 0.438. The maximum Gasteiger partial charge on any atom is 0.319 e. The standard InChI is InChI=1S/C16H23N5O2/c1-12(22)10-16(2,3)11-17-15(23)20-13-4-6-14(7-5-13)21-18-8-9-19-21/h4-9,12,22H,10-11H2,1-3H3,(H2,17,20,23). The Morgan fingerprint density at radius 1 is 1.26 bits per heavy atom. The van der Waals surface area contributed by atoms with Crippen LogP contribution in [0.3, 0.4) is 0 Å². The van der Waals surface area contributed by atoms with Crippen molar-refractivity contribution in [1.29, 1.82) is 0 Å². The number of aliphatic hydroxyl groups excluding tert-OH is 1. The van der Waals surface area contributed by atoms with Gasteiger partial charge in [-0.25, -0.2) is 4.79 Å². The summed E-state index contributed by atoms with van der Waals surface area (Å²) in [6.45, 7) is 6.24. The predicted octanol–water partition coefficient (Wildman–Crippen LogP) is 2.19. The second kappa shape index (κ2) is 7.23. The van der Waals surface area contributed by atoms with Crippen molar-refractivity contribution in [1.82, 2.24) is 20.3 Å². The van der Waals surface area contributed by atoms with Crippen molar-refractivity contribution in [3.8, 4) is 5.69 Å². The van der Waals surface area contributed by atoms with Crippen molar-refractivity contribution in [2.45, 2.75) is 33.3 Å². The molecule has 23 heavy (non-hydrogen) atoms. The number of aromatic nitrogens is 3. The normalized spacial score (nSPS) is 12.7. The number of nitrogens with zero attached hydrogens (tertiary/aromatic N) is 3. The Hall–Kier alpha value is -2.41. The molecule has 1 aromatic heterocycles. The van der Waals surface area contributed by atoms with E-state index >= 15 is 0 Å². The van der Waals surface area contributed by atoms with E-state index in [2.05, 4.69) is 20.8 Å². The third-order valence-electron chi connectivity index (χ3n) is 3.35. The number of carbonyl (C=O) groups excluding carboxylic acids is 1. The van der Waals surface area contributed by atoms with Gasteiger partial charge in [0.15, 0.2) is 0 Å². The smallest absolute Gasteiger partial charge is 0.319 e. The van der Waals surface area contributed by atoms with Crippen LogP contribution in [0.2, 0.25) is 0 Å². The van der Waals surface area contributed by atoms with E-state index in [1.165, 1.54) is 4.80 Å². The minimum absolute atomic E-state index is 0.166. The summed E-state index contributed by atoms with van der Waals surface area (Å²) >= 11 is 0. The van der Waals surface area contributed by atoms with Crippen LogP contribution in [-0.4, -0.2) is 38.8 Å². The fourth-order valence-electron chi connectivity index (χ4n) is 2.39. The van der Waals surface area contributed by atoms with Crippen LogP contribution >= 0.6 is 0 Å². The number of carbonyl (C=O) groups is 1. The molecule has 1 heterocycles. The van der Waals surface area contributed by atoms with Gasteiger partial charge in [-0.3, -0.25) is 0 Å². The molecule has 124 valence electrons. The molecule has 2 rings (SSSR count). The second-order valence-corrected chi connectivity index (χ2v) is 6.39. The van der Waals surface area contributed by atoms with Crippen LogP contribution in [0.1, 0.15) is 27.2 Å². The van der Waals surface area contributed by atoms with Gasteiger partial charge in [-0.05, 0) is 43.0 Å². The van der Waals surface area contributed by atoms with E-state index in [1.807, 2.05) is 26.0 Å². The van der Waals surface area contributed by atoms with Crippen molar-refractivity contribution in [3.05, 3.63) is 36.7 Å². The third kappa shape index (κ3) is 5.37. The number of benzene rings is 1. The van der Waals surface area contributed by atoms with Crippen LogP contribution in [0.5, 0.6) is 0 Å². The zero-order valence-electron chi connectivity index (χ0n) is 13.7. The molecule has 0 spiro atoms. The van der Waals surface area contributed by atoms with E-state index in [-0.39, 0.29) is 11.4 Å². The van der Waals surface area contributed by atoms with Gasteiger partial charge in [0.05, 0.1) is 24.2 Å². The summed E-state index contributed by atoms with van der Waals surface area (Å²) in [6, 6.07) is 6.96. The molecular formula is C16H23N5O2. The molecule has 0 aliphatic rings. The predicted molar refractivity (Wildman–Crippen MR) is 88.5 cm³/mol. The largest absolute Gasteiger partial charge is 0.393 e. The van der Waals surface area contributed by atoms with Crippen molar-refractivity contribution < 1.29 is 9.90 Å². The minimum atomic E-state index is -0.390. The SMILES string of the molecule is CC(O)CC(C)(C)CNC(=O)Nc1ccc(-n2nccn2)cc1. The molecule has 3 N–H and O–H groups in total. The number of anilines is 1. The number of aliphatic hydroxyl groups is 1. The molecular weight excluding hydrogens is 294 g/mol. The van der Waals surface area contributed by atoms with Gasteiger partial charge in [-0.2, -0.15) is 15.0 Å². The zero-order chi connectivity index (χ0) is 16.9. The van der Waals surface area contributed by atoms with E-state index in [0.29, 0.717) is 18.7 Å². The highest BCUT2D eigenvalue weighted by molar-refractivity contribution is 5.89. The molecule has 1 atom stereocenters. The molecule has 7 heteroatoms. The lowest BCUT2D eigenvalue weighted by molar-refractivity contribution is 0.129. The maximum absolute atomic E-state index is 11.9. The van der Waals surface area contributed by atoms with Crippen LogP contribution in [0, 0.1) is 5.41 Å². The van der Waals surface area contributed by atoms with Crippen molar-refractivity contribution in [2.24, 2.45) is 5.41 Å². The molecule has 2 aromatic rings. The lowest BCUT2D eigenvalue weighted by atomic mass is 9.87.